The van der Waals surface area contributed by atoms with Crippen LogP contribution in [0.4, 0.5) is 8.78 Å². The number of rotatable bonds is 7. The number of carbonyl (C=O) groups is 2. The van der Waals surface area contributed by atoms with Gasteiger partial charge in [-0.3, -0.25) is 9.59 Å². The SMILES string of the molecule is CCC1(OC(=O)[C@@]23C[C@@H]4C[C@@H](C[C@](C(=O)OCC(F)(F)S(=O)(=O)[O-])(C4)C2)C3)CCCC1.[Na+]. The molecule has 0 aromatic carbocycles. The van der Waals surface area contributed by atoms with Crippen molar-refractivity contribution in [1.29, 1.82) is 0 Å². The Morgan fingerprint density at radius 3 is 2.00 bits per heavy atom. The summed E-state index contributed by atoms with van der Waals surface area (Å²) < 4.78 is 70.0. The molecule has 11 heteroatoms. The number of esters is 2. The predicted octanol–water partition coefficient (Wildman–Crippen LogP) is 0.524. The van der Waals surface area contributed by atoms with Crippen LogP contribution < -0.4 is 29.6 Å². The first kappa shape index (κ1) is 26.3. The van der Waals surface area contributed by atoms with E-state index in [2.05, 4.69) is 0 Å². The van der Waals surface area contributed by atoms with Crippen molar-refractivity contribution in [1.82, 2.24) is 0 Å². The number of carbonyl (C=O) groups excluding carboxylic acids is 2. The summed E-state index contributed by atoms with van der Waals surface area (Å²) in [5, 5.41) is -4.68. The minimum atomic E-state index is -5.94. The second kappa shape index (κ2) is 8.73. The van der Waals surface area contributed by atoms with Gasteiger partial charge in [-0.1, -0.05) is 6.92 Å². The van der Waals surface area contributed by atoms with E-state index in [1.54, 1.807) is 0 Å². The Bertz CT molecular complexity index is 855. The summed E-state index contributed by atoms with van der Waals surface area (Å²) in [6.45, 7) is 0.201. The summed E-state index contributed by atoms with van der Waals surface area (Å²) in [4.78, 5) is 26.3. The van der Waals surface area contributed by atoms with Crippen molar-refractivity contribution in [3.8, 4) is 0 Å². The number of halogens is 2. The average Bonchev–Trinajstić information content (AvgIpc) is 3.13. The zero-order valence-corrected chi connectivity index (χ0v) is 21.5. The predicted molar refractivity (Wildman–Crippen MR) is 103 cm³/mol. The van der Waals surface area contributed by atoms with Gasteiger partial charge in [-0.15, -0.1) is 0 Å². The molecular weight excluding hydrogens is 457 g/mol. The zero-order chi connectivity index (χ0) is 22.7. The second-order valence-electron chi connectivity index (χ2n) is 10.3. The molecule has 0 saturated heterocycles. The minimum Gasteiger partial charge on any atom is -0.743 e. The molecule has 5 aliphatic carbocycles. The van der Waals surface area contributed by atoms with Crippen molar-refractivity contribution in [2.45, 2.75) is 88.4 Å². The summed E-state index contributed by atoms with van der Waals surface area (Å²) in [5.41, 5.74) is -2.40. The molecule has 0 unspecified atom stereocenters. The van der Waals surface area contributed by atoms with E-state index < -0.39 is 44.4 Å². The van der Waals surface area contributed by atoms with Gasteiger partial charge in [0.15, 0.2) is 16.7 Å². The van der Waals surface area contributed by atoms with E-state index in [4.69, 9.17) is 9.47 Å². The Balaban J connectivity index is 0.00000289. The van der Waals surface area contributed by atoms with Crippen molar-refractivity contribution >= 4 is 22.1 Å². The van der Waals surface area contributed by atoms with Crippen LogP contribution in [0.25, 0.3) is 0 Å². The molecular formula is C21H29F2NaO7S. The van der Waals surface area contributed by atoms with Crippen molar-refractivity contribution in [2.75, 3.05) is 6.61 Å². The first-order chi connectivity index (χ1) is 14.3. The Morgan fingerprint density at radius 1 is 1.03 bits per heavy atom. The Kier molecular flexibility index (Phi) is 7.18. The Morgan fingerprint density at radius 2 is 1.53 bits per heavy atom. The Labute approximate surface area is 209 Å². The van der Waals surface area contributed by atoms with Crippen LogP contribution in [0.2, 0.25) is 0 Å². The van der Waals surface area contributed by atoms with E-state index in [0.717, 1.165) is 38.5 Å². The smallest absolute Gasteiger partial charge is 0.743 e. The van der Waals surface area contributed by atoms with Crippen LogP contribution in [-0.2, 0) is 29.2 Å². The van der Waals surface area contributed by atoms with Gasteiger partial charge in [-0.2, -0.15) is 8.78 Å². The fourth-order valence-electron chi connectivity index (χ4n) is 6.97. The van der Waals surface area contributed by atoms with Crippen LogP contribution in [0.3, 0.4) is 0 Å². The fourth-order valence-corrected chi connectivity index (χ4v) is 7.17. The molecule has 0 spiro atoms. The van der Waals surface area contributed by atoms with Gasteiger partial charge in [-0.25, -0.2) is 8.42 Å². The van der Waals surface area contributed by atoms with Gasteiger partial charge in [0, 0.05) is 0 Å². The topological polar surface area (TPSA) is 110 Å². The van der Waals surface area contributed by atoms with Crippen molar-refractivity contribution in [3.63, 3.8) is 0 Å². The number of alkyl halides is 2. The molecule has 0 aromatic heterocycles. The van der Waals surface area contributed by atoms with E-state index in [1.807, 2.05) is 6.92 Å². The molecule has 176 valence electrons. The number of hydrogen-bond acceptors (Lipinski definition) is 7. The van der Waals surface area contributed by atoms with Gasteiger partial charge in [0.25, 0.3) is 0 Å². The van der Waals surface area contributed by atoms with Crippen molar-refractivity contribution < 1.29 is 70.4 Å². The zero-order valence-electron chi connectivity index (χ0n) is 18.7. The molecule has 0 N–H and O–H groups in total. The summed E-state index contributed by atoms with van der Waals surface area (Å²) in [6, 6.07) is 0. The summed E-state index contributed by atoms with van der Waals surface area (Å²) in [7, 11) is -5.94. The summed E-state index contributed by atoms with van der Waals surface area (Å²) >= 11 is 0. The van der Waals surface area contributed by atoms with E-state index in [1.165, 1.54) is 0 Å². The molecule has 0 aliphatic heterocycles. The Hall–Kier alpha value is -0.290. The van der Waals surface area contributed by atoms with Crippen LogP contribution in [0.1, 0.15) is 77.6 Å². The van der Waals surface area contributed by atoms with Gasteiger partial charge in [0.1, 0.15) is 5.60 Å². The van der Waals surface area contributed by atoms with Gasteiger partial charge in [-0.05, 0) is 82.5 Å². The van der Waals surface area contributed by atoms with Crippen molar-refractivity contribution in [3.05, 3.63) is 0 Å². The molecule has 7 nitrogen and oxygen atoms in total. The van der Waals surface area contributed by atoms with Gasteiger partial charge in [0.05, 0.1) is 10.8 Å². The number of ether oxygens (including phenoxy) is 2. The molecule has 0 heterocycles. The molecule has 4 bridgehead atoms. The van der Waals surface area contributed by atoms with Crippen LogP contribution in [0, 0.1) is 22.7 Å². The molecule has 5 fully saturated rings. The third kappa shape index (κ3) is 4.51. The molecule has 5 saturated carbocycles. The molecule has 5 aliphatic rings. The number of hydrogen-bond donors (Lipinski definition) is 0. The van der Waals surface area contributed by atoms with Crippen LogP contribution in [0.15, 0.2) is 0 Å². The summed E-state index contributed by atoms with van der Waals surface area (Å²) in [6.07, 6.45) is 7.50. The first-order valence-electron chi connectivity index (χ1n) is 11.1. The first-order valence-corrected chi connectivity index (χ1v) is 12.5. The molecule has 0 radical (unpaired) electrons. The normalized spacial score (nSPS) is 35.2. The standard InChI is InChI=1S/C21H30F2O7S.Na/c1-2-20(5-3-4-6-20)30-17(25)19-10-14-7-15(11-19)9-18(8-14,12-19)16(24)29-13-21(22,23)31(26,27)28;/h14-15H,2-13H2,1H3,(H,26,27,28);/q;+1/p-1/t14-,15+,18-,19-;. The second-order valence-corrected chi connectivity index (χ2v) is 11.8. The third-order valence-corrected chi connectivity index (χ3v) is 8.98. The molecule has 4 atom stereocenters. The van der Waals surface area contributed by atoms with Gasteiger partial charge < -0.3 is 14.0 Å². The monoisotopic (exact) mass is 486 g/mol. The molecule has 0 aromatic rings. The van der Waals surface area contributed by atoms with Gasteiger partial charge >= 0.3 is 46.8 Å². The van der Waals surface area contributed by atoms with Crippen LogP contribution >= 0.6 is 0 Å². The van der Waals surface area contributed by atoms with E-state index in [9.17, 15) is 31.3 Å². The maximum Gasteiger partial charge on any atom is 1.00 e. The average molecular weight is 487 g/mol. The largest absolute Gasteiger partial charge is 1.00 e. The minimum absolute atomic E-state index is 0. The van der Waals surface area contributed by atoms with Crippen molar-refractivity contribution in [2.24, 2.45) is 22.7 Å². The molecule has 32 heavy (non-hydrogen) atoms. The van der Waals surface area contributed by atoms with E-state index >= 15 is 0 Å². The van der Waals surface area contributed by atoms with Crippen LogP contribution in [-0.4, -0.2) is 42.4 Å². The molecule has 0 amide bonds. The van der Waals surface area contributed by atoms with Gasteiger partial charge in [0.2, 0.25) is 0 Å². The van der Waals surface area contributed by atoms with E-state index in [0.29, 0.717) is 25.7 Å². The maximum atomic E-state index is 13.5. The molecule has 5 rings (SSSR count). The van der Waals surface area contributed by atoms with E-state index in [-0.39, 0.29) is 53.8 Å². The third-order valence-electron chi connectivity index (χ3n) is 8.13. The quantitative estimate of drug-likeness (QED) is 0.293. The van der Waals surface area contributed by atoms with Crippen LogP contribution in [0.5, 0.6) is 0 Å². The summed E-state index contributed by atoms with van der Waals surface area (Å²) in [5.74, 6) is -1.05. The maximum absolute atomic E-state index is 13.5. The fraction of sp³-hybridized carbons (Fsp3) is 0.905.